The number of nitrogens with zero attached hydrogens (tertiary/aromatic N) is 2. The van der Waals surface area contributed by atoms with Gasteiger partial charge < -0.3 is 20.9 Å². The number of nitrogens with two attached hydrogens (primary N) is 1. The summed E-state index contributed by atoms with van der Waals surface area (Å²) in [6.07, 6.45) is 1.39. The summed E-state index contributed by atoms with van der Waals surface area (Å²) >= 11 is 0. The monoisotopic (exact) mass is 277 g/mol. The second-order valence-electron chi connectivity index (χ2n) is 5.09. The van der Waals surface area contributed by atoms with E-state index < -0.39 is 0 Å². The maximum Gasteiger partial charge on any atom is 0.253 e. The van der Waals surface area contributed by atoms with Gasteiger partial charge in [0.1, 0.15) is 11.6 Å². The van der Waals surface area contributed by atoms with Crippen LogP contribution in [0.2, 0.25) is 0 Å². The molecule has 108 valence electrons. The smallest absolute Gasteiger partial charge is 0.253 e. The molecule has 1 amide bonds. The minimum Gasteiger partial charge on any atom is -0.508 e. The molecule has 4 N–H and O–H groups in total. The number of phenolic OH excluding ortho intramolecular Hbond substituents is 1. The third kappa shape index (κ3) is 2.84. The maximum atomic E-state index is 12.3. The lowest BCUT2D eigenvalue weighted by atomic mass is 9.95. The summed E-state index contributed by atoms with van der Waals surface area (Å²) in [5, 5.41) is 21.2. The number of piperidine rings is 1. The molecule has 1 aliphatic heterocycles. The third-order valence-corrected chi connectivity index (χ3v) is 3.76. The highest BCUT2D eigenvalue weighted by atomic mass is 16.4. The van der Waals surface area contributed by atoms with Gasteiger partial charge in [-0.15, -0.1) is 0 Å². The van der Waals surface area contributed by atoms with Crippen LogP contribution in [-0.2, 0) is 0 Å². The number of benzene rings is 1. The van der Waals surface area contributed by atoms with E-state index in [1.807, 2.05) is 0 Å². The minimum atomic E-state index is -0.0499. The number of rotatable bonds is 2. The summed E-state index contributed by atoms with van der Waals surface area (Å²) in [5.74, 6) is 0.404. The van der Waals surface area contributed by atoms with E-state index in [0.29, 0.717) is 37.1 Å². The van der Waals surface area contributed by atoms with Gasteiger partial charge in [0.05, 0.1) is 0 Å². The Kier molecular flexibility index (Phi) is 4.12. The Hall–Kier alpha value is -2.24. The van der Waals surface area contributed by atoms with Gasteiger partial charge in [-0.2, -0.15) is 0 Å². The number of amidine groups is 1. The molecule has 0 aromatic heterocycles. The molecule has 1 heterocycles. The van der Waals surface area contributed by atoms with Crippen molar-refractivity contribution >= 4 is 11.7 Å². The number of oxime groups is 1. The lowest BCUT2D eigenvalue weighted by Crippen LogP contribution is -2.41. The van der Waals surface area contributed by atoms with E-state index in [1.165, 1.54) is 6.07 Å². The molecule has 6 heteroatoms. The lowest BCUT2D eigenvalue weighted by Gasteiger charge is -2.31. The zero-order valence-corrected chi connectivity index (χ0v) is 11.4. The van der Waals surface area contributed by atoms with Crippen molar-refractivity contribution in [2.45, 2.75) is 19.8 Å². The largest absolute Gasteiger partial charge is 0.508 e. The van der Waals surface area contributed by atoms with Crippen LogP contribution in [0.1, 0.15) is 28.8 Å². The number of carbonyl (C=O) groups is 1. The highest BCUT2D eigenvalue weighted by molar-refractivity contribution is 5.94. The second kappa shape index (κ2) is 5.81. The summed E-state index contributed by atoms with van der Waals surface area (Å²) in [4.78, 5) is 14.1. The Balaban J connectivity index is 2.03. The lowest BCUT2D eigenvalue weighted by molar-refractivity contribution is 0.0709. The van der Waals surface area contributed by atoms with E-state index >= 15 is 0 Å². The normalized spacial score (nSPS) is 17.2. The van der Waals surface area contributed by atoms with Gasteiger partial charge in [0.25, 0.3) is 5.91 Å². The molecule has 0 saturated carbocycles. The second-order valence-corrected chi connectivity index (χ2v) is 5.09. The predicted octanol–water partition coefficient (Wildman–Crippen LogP) is 1.30. The van der Waals surface area contributed by atoms with E-state index in [0.717, 1.165) is 0 Å². The third-order valence-electron chi connectivity index (χ3n) is 3.76. The highest BCUT2D eigenvalue weighted by Gasteiger charge is 2.26. The van der Waals surface area contributed by atoms with Crippen LogP contribution in [0.15, 0.2) is 23.4 Å². The van der Waals surface area contributed by atoms with Crippen molar-refractivity contribution in [2.75, 3.05) is 13.1 Å². The molecular weight excluding hydrogens is 258 g/mol. The van der Waals surface area contributed by atoms with Crippen LogP contribution in [0.5, 0.6) is 5.75 Å². The van der Waals surface area contributed by atoms with Crippen LogP contribution in [0.4, 0.5) is 0 Å². The Morgan fingerprint density at radius 2 is 2.05 bits per heavy atom. The standard InChI is InChI=1S/C14H19N3O3/c1-9-8-11(2-3-12(9)18)14(19)17-6-4-10(5-7-17)13(15)16-20/h2-3,8,10,18,20H,4-7H2,1H3,(H2,15,16). The van der Waals surface area contributed by atoms with Crippen LogP contribution in [-0.4, -0.2) is 40.0 Å². The molecule has 2 rings (SSSR count). The molecule has 0 spiro atoms. The molecule has 0 radical (unpaired) electrons. The summed E-state index contributed by atoms with van der Waals surface area (Å²) < 4.78 is 0. The van der Waals surface area contributed by atoms with Gasteiger partial charge in [-0.05, 0) is 43.5 Å². The van der Waals surface area contributed by atoms with E-state index in [4.69, 9.17) is 10.9 Å². The van der Waals surface area contributed by atoms with Crippen molar-refractivity contribution < 1.29 is 15.1 Å². The molecule has 1 aliphatic rings. The molecule has 0 atom stereocenters. The van der Waals surface area contributed by atoms with Crippen molar-refractivity contribution in [3.8, 4) is 5.75 Å². The Labute approximate surface area is 117 Å². The average molecular weight is 277 g/mol. The Bertz CT molecular complexity index is 534. The fraction of sp³-hybridized carbons (Fsp3) is 0.429. The molecule has 1 fully saturated rings. The van der Waals surface area contributed by atoms with Gasteiger partial charge in [-0.25, -0.2) is 0 Å². The number of likely N-dealkylation sites (tertiary alicyclic amines) is 1. The van der Waals surface area contributed by atoms with Crippen LogP contribution in [0.3, 0.4) is 0 Å². The molecule has 1 saturated heterocycles. The van der Waals surface area contributed by atoms with E-state index in [1.54, 1.807) is 24.0 Å². The molecule has 1 aromatic carbocycles. The van der Waals surface area contributed by atoms with Gasteiger partial charge in [0.15, 0.2) is 0 Å². The zero-order chi connectivity index (χ0) is 14.7. The molecule has 0 unspecified atom stereocenters. The van der Waals surface area contributed by atoms with Crippen molar-refractivity contribution in [3.05, 3.63) is 29.3 Å². The molecule has 1 aromatic rings. The van der Waals surface area contributed by atoms with Crippen LogP contribution < -0.4 is 5.73 Å². The summed E-state index contributed by atoms with van der Waals surface area (Å²) in [6, 6.07) is 4.85. The van der Waals surface area contributed by atoms with Crippen molar-refractivity contribution in [2.24, 2.45) is 16.8 Å². The number of hydrogen-bond acceptors (Lipinski definition) is 4. The van der Waals surface area contributed by atoms with Crippen LogP contribution in [0.25, 0.3) is 0 Å². The van der Waals surface area contributed by atoms with Gasteiger partial charge in [0, 0.05) is 24.6 Å². The number of hydrogen-bond donors (Lipinski definition) is 3. The number of amides is 1. The Morgan fingerprint density at radius 1 is 1.40 bits per heavy atom. The number of aromatic hydroxyl groups is 1. The summed E-state index contributed by atoms with van der Waals surface area (Å²) in [5.41, 5.74) is 6.84. The topological polar surface area (TPSA) is 99.2 Å². The summed E-state index contributed by atoms with van der Waals surface area (Å²) in [7, 11) is 0. The Morgan fingerprint density at radius 3 is 2.60 bits per heavy atom. The fourth-order valence-electron chi connectivity index (χ4n) is 2.43. The molecule has 6 nitrogen and oxygen atoms in total. The first kappa shape index (κ1) is 14.2. The molecule has 0 bridgehead atoms. The van der Waals surface area contributed by atoms with Gasteiger partial charge in [-0.1, -0.05) is 5.16 Å². The van der Waals surface area contributed by atoms with E-state index in [-0.39, 0.29) is 23.4 Å². The number of aryl methyl sites for hydroxylation is 1. The van der Waals surface area contributed by atoms with Crippen molar-refractivity contribution in [1.29, 1.82) is 0 Å². The number of phenols is 1. The van der Waals surface area contributed by atoms with Crippen LogP contribution >= 0.6 is 0 Å². The first-order chi connectivity index (χ1) is 9.52. The minimum absolute atomic E-state index is 0.0330. The van der Waals surface area contributed by atoms with Gasteiger partial charge in [0.2, 0.25) is 0 Å². The van der Waals surface area contributed by atoms with E-state index in [9.17, 15) is 9.90 Å². The van der Waals surface area contributed by atoms with Crippen LogP contribution in [0, 0.1) is 12.8 Å². The van der Waals surface area contributed by atoms with E-state index in [2.05, 4.69) is 5.16 Å². The first-order valence-electron chi connectivity index (χ1n) is 6.59. The fourth-order valence-corrected chi connectivity index (χ4v) is 2.43. The summed E-state index contributed by atoms with van der Waals surface area (Å²) in [6.45, 7) is 2.93. The molecule has 0 aliphatic carbocycles. The van der Waals surface area contributed by atoms with Gasteiger partial charge in [-0.3, -0.25) is 4.79 Å². The predicted molar refractivity (Wildman–Crippen MR) is 74.9 cm³/mol. The quantitative estimate of drug-likeness (QED) is 0.328. The van der Waals surface area contributed by atoms with Gasteiger partial charge >= 0.3 is 0 Å². The SMILES string of the molecule is Cc1cc(C(=O)N2CCC(/C(N)=N/O)CC2)ccc1O. The van der Waals surface area contributed by atoms with Crippen molar-refractivity contribution in [1.82, 2.24) is 4.90 Å². The zero-order valence-electron chi connectivity index (χ0n) is 11.4. The maximum absolute atomic E-state index is 12.3. The molecular formula is C14H19N3O3. The first-order valence-corrected chi connectivity index (χ1v) is 6.59. The molecule has 20 heavy (non-hydrogen) atoms. The van der Waals surface area contributed by atoms with Crippen molar-refractivity contribution in [3.63, 3.8) is 0 Å². The highest BCUT2D eigenvalue weighted by Crippen LogP contribution is 2.22. The average Bonchev–Trinajstić information content (AvgIpc) is 2.48. The number of carbonyl (C=O) groups excluding carboxylic acids is 1.